The number of benzene rings is 3. The van der Waals surface area contributed by atoms with Gasteiger partial charge in [0.15, 0.2) is 11.5 Å². The number of rotatable bonds is 5. The Balaban J connectivity index is 1.57. The third kappa shape index (κ3) is 4.81. The number of hydrogen-bond acceptors (Lipinski definition) is 5. The zero-order valence-electron chi connectivity index (χ0n) is 17.2. The van der Waals surface area contributed by atoms with Gasteiger partial charge in [0.2, 0.25) is 0 Å². The highest BCUT2D eigenvalue weighted by Gasteiger charge is 2.20. The molecular weight excluding hydrogens is 452 g/mol. The van der Waals surface area contributed by atoms with Crippen LogP contribution < -0.4 is 19.5 Å². The van der Waals surface area contributed by atoms with E-state index in [2.05, 4.69) is 10.0 Å². The molecule has 0 aromatic heterocycles. The van der Waals surface area contributed by atoms with Gasteiger partial charge in [-0.3, -0.25) is 9.52 Å². The quantitative estimate of drug-likeness (QED) is 0.553. The van der Waals surface area contributed by atoms with Gasteiger partial charge >= 0.3 is 0 Å². The van der Waals surface area contributed by atoms with Crippen molar-refractivity contribution in [3.05, 3.63) is 76.8 Å². The number of anilines is 2. The first-order valence-electron chi connectivity index (χ1n) is 9.92. The summed E-state index contributed by atoms with van der Waals surface area (Å²) >= 11 is 6.08. The van der Waals surface area contributed by atoms with Crippen molar-refractivity contribution in [2.45, 2.75) is 18.2 Å². The number of para-hydroxylation sites is 1. The van der Waals surface area contributed by atoms with Crippen LogP contribution in [0.2, 0.25) is 5.02 Å². The molecule has 4 rings (SSSR count). The molecule has 9 heteroatoms. The largest absolute Gasteiger partial charge is 0.490 e. The fourth-order valence-electron chi connectivity index (χ4n) is 3.22. The third-order valence-electron chi connectivity index (χ3n) is 4.86. The van der Waals surface area contributed by atoms with Crippen molar-refractivity contribution in [2.75, 3.05) is 23.3 Å². The van der Waals surface area contributed by atoms with Gasteiger partial charge < -0.3 is 14.8 Å². The number of ether oxygens (including phenoxy) is 2. The summed E-state index contributed by atoms with van der Waals surface area (Å²) in [4.78, 5) is 12.8. The molecule has 7 nitrogen and oxygen atoms in total. The fourth-order valence-corrected chi connectivity index (χ4v) is 4.81. The lowest BCUT2D eigenvalue weighted by atomic mass is 10.1. The highest BCUT2D eigenvalue weighted by Crippen LogP contribution is 2.31. The van der Waals surface area contributed by atoms with Crippen molar-refractivity contribution in [2.24, 2.45) is 0 Å². The maximum atomic E-state index is 13.0. The minimum atomic E-state index is -3.93. The predicted molar refractivity (Wildman–Crippen MR) is 123 cm³/mol. The van der Waals surface area contributed by atoms with Gasteiger partial charge in [-0.25, -0.2) is 8.42 Å². The zero-order chi connectivity index (χ0) is 22.7. The molecule has 166 valence electrons. The standard InChI is InChI=1S/C23H21ClN2O5S/c1-15-7-9-17(14-22(15)32(28,29)26-19-6-3-2-5-18(19)24)25-23(27)16-8-10-20-21(13-16)31-12-4-11-30-20/h2-3,5-10,13-14,26H,4,11-12H2,1H3,(H,25,27). The first kappa shape index (κ1) is 22.0. The van der Waals surface area contributed by atoms with Crippen molar-refractivity contribution in [1.82, 2.24) is 0 Å². The Labute approximate surface area is 191 Å². The molecule has 1 aliphatic rings. The maximum absolute atomic E-state index is 13.0. The molecule has 1 aliphatic heterocycles. The Hall–Kier alpha value is -3.23. The molecule has 0 fully saturated rings. The number of carbonyl (C=O) groups is 1. The van der Waals surface area contributed by atoms with Crippen molar-refractivity contribution in [1.29, 1.82) is 0 Å². The number of hydrogen-bond donors (Lipinski definition) is 2. The molecule has 3 aromatic carbocycles. The number of carbonyl (C=O) groups excluding carboxylic acids is 1. The second-order valence-electron chi connectivity index (χ2n) is 7.23. The zero-order valence-corrected chi connectivity index (χ0v) is 18.8. The number of amides is 1. The second kappa shape index (κ2) is 9.10. The van der Waals surface area contributed by atoms with E-state index >= 15 is 0 Å². The number of sulfonamides is 1. The SMILES string of the molecule is Cc1ccc(NC(=O)c2ccc3c(c2)OCCCO3)cc1S(=O)(=O)Nc1ccccc1Cl. The van der Waals surface area contributed by atoms with Crippen LogP contribution in [-0.4, -0.2) is 27.5 Å². The van der Waals surface area contributed by atoms with Crippen molar-refractivity contribution in [3.8, 4) is 11.5 Å². The molecule has 0 spiro atoms. The van der Waals surface area contributed by atoms with E-state index in [0.717, 1.165) is 6.42 Å². The van der Waals surface area contributed by atoms with Gasteiger partial charge in [-0.15, -0.1) is 0 Å². The number of halogens is 1. The summed E-state index contributed by atoms with van der Waals surface area (Å²) in [6.07, 6.45) is 0.763. The van der Waals surface area contributed by atoms with Crippen LogP contribution >= 0.6 is 11.6 Å². The molecular formula is C23H21ClN2O5S. The lowest BCUT2D eigenvalue weighted by Crippen LogP contribution is -2.16. The first-order valence-corrected chi connectivity index (χ1v) is 11.8. The molecule has 0 aliphatic carbocycles. The molecule has 1 amide bonds. The third-order valence-corrected chi connectivity index (χ3v) is 6.70. The monoisotopic (exact) mass is 472 g/mol. The molecule has 32 heavy (non-hydrogen) atoms. The summed E-state index contributed by atoms with van der Waals surface area (Å²) in [7, 11) is -3.93. The molecule has 0 bridgehead atoms. The van der Waals surface area contributed by atoms with Gasteiger partial charge in [0, 0.05) is 17.7 Å². The van der Waals surface area contributed by atoms with Crippen molar-refractivity contribution in [3.63, 3.8) is 0 Å². The van der Waals surface area contributed by atoms with Crippen LogP contribution in [0.15, 0.2) is 65.6 Å². The predicted octanol–water partition coefficient (Wildman–Crippen LogP) is 4.86. The van der Waals surface area contributed by atoms with Crippen LogP contribution in [0, 0.1) is 6.92 Å². The summed E-state index contributed by atoms with van der Waals surface area (Å²) in [6.45, 7) is 2.74. The minimum absolute atomic E-state index is 0.0360. The molecule has 0 atom stereocenters. The highest BCUT2D eigenvalue weighted by molar-refractivity contribution is 7.92. The van der Waals surface area contributed by atoms with Crippen LogP contribution in [0.3, 0.4) is 0 Å². The van der Waals surface area contributed by atoms with Gasteiger partial charge in [-0.05, 0) is 55.0 Å². The van der Waals surface area contributed by atoms with E-state index in [9.17, 15) is 13.2 Å². The van der Waals surface area contributed by atoms with Crippen LogP contribution in [0.1, 0.15) is 22.3 Å². The molecule has 3 aromatic rings. The highest BCUT2D eigenvalue weighted by atomic mass is 35.5. The average Bonchev–Trinajstić information content (AvgIpc) is 3.01. The Bertz CT molecular complexity index is 1280. The summed E-state index contributed by atoms with van der Waals surface area (Å²) in [5.41, 5.74) is 1.51. The fraction of sp³-hybridized carbons (Fsp3) is 0.174. The van der Waals surface area contributed by atoms with Crippen LogP contribution in [0.4, 0.5) is 11.4 Å². The van der Waals surface area contributed by atoms with E-state index in [1.54, 1.807) is 61.5 Å². The summed E-state index contributed by atoms with van der Waals surface area (Å²) < 4.78 is 39.6. The molecule has 0 saturated carbocycles. The smallest absolute Gasteiger partial charge is 0.262 e. The van der Waals surface area contributed by atoms with E-state index in [-0.39, 0.29) is 15.6 Å². The van der Waals surface area contributed by atoms with Gasteiger partial charge in [0.25, 0.3) is 15.9 Å². The van der Waals surface area contributed by atoms with Gasteiger partial charge in [-0.2, -0.15) is 0 Å². The Kier molecular flexibility index (Phi) is 6.25. The van der Waals surface area contributed by atoms with E-state index in [4.69, 9.17) is 21.1 Å². The average molecular weight is 473 g/mol. The van der Waals surface area contributed by atoms with Gasteiger partial charge in [0.05, 0.1) is 28.8 Å². The Morgan fingerprint density at radius 3 is 2.50 bits per heavy atom. The van der Waals surface area contributed by atoms with E-state index in [1.165, 1.54) is 6.07 Å². The molecule has 0 unspecified atom stereocenters. The maximum Gasteiger partial charge on any atom is 0.262 e. The van der Waals surface area contributed by atoms with E-state index in [1.807, 2.05) is 0 Å². The minimum Gasteiger partial charge on any atom is -0.490 e. The van der Waals surface area contributed by atoms with Crippen LogP contribution in [0.5, 0.6) is 11.5 Å². The van der Waals surface area contributed by atoms with E-state index in [0.29, 0.717) is 41.5 Å². The normalized spacial score (nSPS) is 13.2. The van der Waals surface area contributed by atoms with Crippen molar-refractivity contribution < 1.29 is 22.7 Å². The Morgan fingerprint density at radius 2 is 1.72 bits per heavy atom. The summed E-state index contributed by atoms with van der Waals surface area (Å²) in [5.74, 6) is 0.701. The second-order valence-corrected chi connectivity index (χ2v) is 9.29. The first-order chi connectivity index (χ1) is 15.3. The van der Waals surface area contributed by atoms with Crippen molar-refractivity contribution >= 4 is 38.9 Å². The van der Waals surface area contributed by atoms with E-state index < -0.39 is 15.9 Å². The molecule has 1 heterocycles. The molecule has 2 N–H and O–H groups in total. The number of aryl methyl sites for hydroxylation is 1. The molecule has 0 radical (unpaired) electrons. The summed E-state index contributed by atoms with van der Waals surface area (Å²) in [5, 5.41) is 3.03. The van der Waals surface area contributed by atoms with Gasteiger partial charge in [0.1, 0.15) is 0 Å². The lowest BCUT2D eigenvalue weighted by Gasteiger charge is -2.14. The number of fused-ring (bicyclic) bond motifs is 1. The Morgan fingerprint density at radius 1 is 0.969 bits per heavy atom. The van der Waals surface area contributed by atoms with Gasteiger partial charge in [-0.1, -0.05) is 29.8 Å². The lowest BCUT2D eigenvalue weighted by molar-refractivity contribution is 0.102. The topological polar surface area (TPSA) is 93.7 Å². The van der Waals surface area contributed by atoms with Crippen LogP contribution in [-0.2, 0) is 10.0 Å². The number of nitrogens with one attached hydrogen (secondary N) is 2. The summed E-state index contributed by atoms with van der Waals surface area (Å²) in [6, 6.07) is 16.2. The van der Waals surface area contributed by atoms with Crippen LogP contribution in [0.25, 0.3) is 0 Å². The molecule has 0 saturated heterocycles.